The lowest BCUT2D eigenvalue weighted by atomic mass is 10.2. The standard InChI is InChI=1S/C21H14F3IN8O/c1-8(29-18-14(7-26)17(27)31-21(28)32-18)19-30-16-13(5-11(24)6-15(16)25)20(34)33(19)12-3-9(22)2-10(23)4-12/h2-6,8H,1H3,(H5,27,28,29,31,32). The highest BCUT2D eigenvalue weighted by Gasteiger charge is 2.23. The maximum atomic E-state index is 14.1. The van der Waals surface area contributed by atoms with E-state index >= 15 is 0 Å². The van der Waals surface area contributed by atoms with Gasteiger partial charge in [-0.15, -0.1) is 0 Å². The molecule has 5 N–H and O–H groups in total. The molecule has 0 saturated carbocycles. The average Bonchev–Trinajstić information content (AvgIpc) is 2.73. The molecule has 4 rings (SSSR count). The van der Waals surface area contributed by atoms with E-state index in [0.717, 1.165) is 22.8 Å². The van der Waals surface area contributed by atoms with Crippen molar-refractivity contribution >= 4 is 51.1 Å². The summed E-state index contributed by atoms with van der Waals surface area (Å²) in [5.41, 5.74) is 10.6. The summed E-state index contributed by atoms with van der Waals surface area (Å²) in [6, 6.07) is 5.73. The van der Waals surface area contributed by atoms with Crippen LogP contribution >= 0.6 is 22.6 Å². The number of hydrogen-bond acceptors (Lipinski definition) is 8. The van der Waals surface area contributed by atoms with Crippen LogP contribution in [0.2, 0.25) is 0 Å². The minimum Gasteiger partial charge on any atom is -0.382 e. The SMILES string of the molecule is CC(Nc1nc(N)nc(N)c1C#N)c1nc2c(I)cc(F)cc2c(=O)n1-c1cc(F)cc(F)c1. The van der Waals surface area contributed by atoms with E-state index in [9.17, 15) is 23.2 Å². The molecule has 0 spiro atoms. The Labute approximate surface area is 203 Å². The fraction of sp³-hybridized carbons (Fsp3) is 0.0952. The first-order valence-corrected chi connectivity index (χ1v) is 10.6. The smallest absolute Gasteiger partial charge is 0.266 e. The minimum absolute atomic E-state index is 0.00618. The lowest BCUT2D eigenvalue weighted by Gasteiger charge is -2.21. The normalized spacial score (nSPS) is 11.9. The van der Waals surface area contributed by atoms with Crippen LogP contribution in [0, 0.1) is 32.4 Å². The lowest BCUT2D eigenvalue weighted by Crippen LogP contribution is -2.28. The monoisotopic (exact) mass is 578 g/mol. The van der Waals surface area contributed by atoms with Gasteiger partial charge < -0.3 is 16.8 Å². The van der Waals surface area contributed by atoms with Crippen molar-refractivity contribution < 1.29 is 13.2 Å². The van der Waals surface area contributed by atoms with Gasteiger partial charge in [-0.3, -0.25) is 9.36 Å². The van der Waals surface area contributed by atoms with Gasteiger partial charge >= 0.3 is 0 Å². The first-order valence-electron chi connectivity index (χ1n) is 9.56. The Morgan fingerprint density at radius 1 is 1.06 bits per heavy atom. The summed E-state index contributed by atoms with van der Waals surface area (Å²) in [6.45, 7) is 1.58. The molecule has 9 nitrogen and oxygen atoms in total. The number of hydrogen-bond donors (Lipinski definition) is 3. The highest BCUT2D eigenvalue weighted by molar-refractivity contribution is 14.1. The van der Waals surface area contributed by atoms with Crippen molar-refractivity contribution in [3.05, 3.63) is 73.1 Å². The third kappa shape index (κ3) is 4.19. The molecule has 2 heterocycles. The third-order valence-electron chi connectivity index (χ3n) is 4.83. The van der Waals surface area contributed by atoms with Crippen LogP contribution in [0.25, 0.3) is 16.6 Å². The van der Waals surface area contributed by atoms with Gasteiger partial charge in [0.2, 0.25) is 5.95 Å². The Kier molecular flexibility index (Phi) is 6.00. The van der Waals surface area contributed by atoms with Crippen molar-refractivity contribution in [3.8, 4) is 11.8 Å². The van der Waals surface area contributed by atoms with Gasteiger partial charge in [0, 0.05) is 9.64 Å². The fourth-order valence-corrected chi connectivity index (χ4v) is 4.13. The maximum absolute atomic E-state index is 14.1. The second-order valence-corrected chi connectivity index (χ2v) is 8.35. The molecular weight excluding hydrogens is 564 g/mol. The van der Waals surface area contributed by atoms with E-state index in [2.05, 4.69) is 20.3 Å². The van der Waals surface area contributed by atoms with E-state index in [0.29, 0.717) is 9.64 Å². The molecule has 172 valence electrons. The topological polar surface area (TPSA) is 149 Å². The van der Waals surface area contributed by atoms with Crippen LogP contribution in [0.15, 0.2) is 35.1 Å². The number of nitrogens with one attached hydrogen (secondary N) is 1. The minimum atomic E-state index is -0.925. The lowest BCUT2D eigenvalue weighted by molar-refractivity contribution is 0.579. The molecule has 1 atom stereocenters. The fourth-order valence-electron chi connectivity index (χ4n) is 3.42. The number of anilines is 3. The van der Waals surface area contributed by atoms with E-state index < -0.39 is 29.1 Å². The Bertz CT molecular complexity index is 1550. The van der Waals surface area contributed by atoms with Gasteiger partial charge in [0.1, 0.15) is 40.7 Å². The zero-order valence-electron chi connectivity index (χ0n) is 17.3. The Hall–Kier alpha value is -3.93. The van der Waals surface area contributed by atoms with Crippen LogP contribution in [-0.4, -0.2) is 19.5 Å². The summed E-state index contributed by atoms with van der Waals surface area (Å²) in [4.78, 5) is 25.6. The van der Waals surface area contributed by atoms with Crippen LogP contribution in [-0.2, 0) is 0 Å². The van der Waals surface area contributed by atoms with E-state index in [1.165, 1.54) is 6.07 Å². The molecule has 0 radical (unpaired) electrons. The number of rotatable bonds is 4. The molecule has 0 saturated heterocycles. The number of nitrogens with two attached hydrogens (primary N) is 2. The summed E-state index contributed by atoms with van der Waals surface area (Å²) < 4.78 is 43.4. The zero-order chi connectivity index (χ0) is 24.7. The van der Waals surface area contributed by atoms with E-state index in [4.69, 9.17) is 11.5 Å². The van der Waals surface area contributed by atoms with Crippen molar-refractivity contribution in [1.29, 1.82) is 5.26 Å². The summed E-state index contributed by atoms with van der Waals surface area (Å²) in [5.74, 6) is -2.90. The van der Waals surface area contributed by atoms with Gasteiger partial charge in [0.05, 0.1) is 22.6 Å². The van der Waals surface area contributed by atoms with Crippen molar-refractivity contribution in [1.82, 2.24) is 19.5 Å². The van der Waals surface area contributed by atoms with Crippen molar-refractivity contribution in [2.45, 2.75) is 13.0 Å². The molecule has 2 aromatic carbocycles. The Morgan fingerprint density at radius 3 is 2.35 bits per heavy atom. The van der Waals surface area contributed by atoms with E-state index in [1.54, 1.807) is 6.92 Å². The van der Waals surface area contributed by atoms with Crippen molar-refractivity contribution in [3.63, 3.8) is 0 Å². The van der Waals surface area contributed by atoms with E-state index in [-0.39, 0.29) is 45.6 Å². The van der Waals surface area contributed by atoms with Crippen molar-refractivity contribution in [2.75, 3.05) is 16.8 Å². The number of nitrogen functional groups attached to an aromatic ring is 2. The van der Waals surface area contributed by atoms with Gasteiger partial charge in [-0.25, -0.2) is 18.2 Å². The molecule has 0 bridgehead atoms. The molecule has 0 aliphatic carbocycles. The van der Waals surface area contributed by atoms with Crippen LogP contribution in [0.3, 0.4) is 0 Å². The summed E-state index contributed by atoms with van der Waals surface area (Å²) in [7, 11) is 0. The van der Waals surface area contributed by atoms with Gasteiger partial charge in [0.15, 0.2) is 5.82 Å². The predicted octanol–water partition coefficient (Wildman–Crippen LogP) is 3.41. The van der Waals surface area contributed by atoms with Crippen LogP contribution in [0.5, 0.6) is 0 Å². The Balaban J connectivity index is 2.00. The zero-order valence-corrected chi connectivity index (χ0v) is 19.4. The number of aromatic nitrogens is 4. The van der Waals surface area contributed by atoms with Gasteiger partial charge in [-0.1, -0.05) is 0 Å². The Morgan fingerprint density at radius 2 is 1.71 bits per heavy atom. The molecule has 4 aromatic rings. The van der Waals surface area contributed by atoms with Gasteiger partial charge in [-0.2, -0.15) is 15.2 Å². The molecule has 13 heteroatoms. The summed E-state index contributed by atoms with van der Waals surface area (Å²) in [5, 5.41) is 12.3. The molecular formula is C21H14F3IN8O. The molecule has 0 amide bonds. The first kappa shape index (κ1) is 23.2. The van der Waals surface area contributed by atoms with Crippen LogP contribution in [0.1, 0.15) is 24.4 Å². The molecule has 0 aliphatic rings. The van der Waals surface area contributed by atoms with E-state index in [1.807, 2.05) is 28.7 Å². The van der Waals surface area contributed by atoms with Crippen LogP contribution < -0.4 is 22.3 Å². The number of nitriles is 1. The molecule has 2 aromatic heterocycles. The second kappa shape index (κ2) is 8.78. The predicted molar refractivity (Wildman–Crippen MR) is 128 cm³/mol. The molecule has 34 heavy (non-hydrogen) atoms. The van der Waals surface area contributed by atoms with Crippen molar-refractivity contribution in [2.24, 2.45) is 0 Å². The third-order valence-corrected chi connectivity index (χ3v) is 5.65. The average molecular weight is 578 g/mol. The van der Waals surface area contributed by atoms with Crippen LogP contribution in [0.4, 0.5) is 30.8 Å². The number of fused-ring (bicyclic) bond motifs is 1. The molecule has 0 fully saturated rings. The second-order valence-electron chi connectivity index (χ2n) is 7.19. The summed E-state index contributed by atoms with van der Waals surface area (Å²) in [6.07, 6.45) is 0. The molecule has 1 unspecified atom stereocenters. The highest BCUT2D eigenvalue weighted by Crippen LogP contribution is 2.27. The number of benzene rings is 2. The largest absolute Gasteiger partial charge is 0.382 e. The quantitative estimate of drug-likeness (QED) is 0.312. The van der Waals surface area contributed by atoms with Gasteiger partial charge in [-0.05, 0) is 53.8 Å². The summed E-state index contributed by atoms with van der Waals surface area (Å²) >= 11 is 1.83. The first-order chi connectivity index (χ1) is 16.1. The van der Waals surface area contributed by atoms with Gasteiger partial charge in [0.25, 0.3) is 5.56 Å². The molecule has 0 aliphatic heterocycles. The number of nitrogens with zero attached hydrogens (tertiary/aromatic N) is 5. The number of halogens is 4. The maximum Gasteiger partial charge on any atom is 0.266 e. The highest BCUT2D eigenvalue weighted by atomic mass is 127.